The summed E-state index contributed by atoms with van der Waals surface area (Å²) in [5.41, 5.74) is 1.39. The van der Waals surface area contributed by atoms with Crippen molar-refractivity contribution in [3.8, 4) is 28.5 Å². The molecule has 0 radical (unpaired) electrons. The Morgan fingerprint density at radius 1 is 0.938 bits per heavy atom. The van der Waals surface area contributed by atoms with E-state index in [1.807, 2.05) is 0 Å². The van der Waals surface area contributed by atoms with Gasteiger partial charge in [0.1, 0.15) is 11.4 Å². The van der Waals surface area contributed by atoms with Gasteiger partial charge in [-0.1, -0.05) is 23.2 Å². The first-order valence-electron chi connectivity index (χ1n) is 9.08. The lowest BCUT2D eigenvalue weighted by molar-refractivity contribution is -0.137. The van der Waals surface area contributed by atoms with Crippen LogP contribution < -0.4 is 0 Å². The molecular formula is C20H10Cl2F3N7. The first-order chi connectivity index (χ1) is 15.3. The third kappa shape index (κ3) is 3.47. The molecule has 3 heterocycles. The molecule has 0 fully saturated rings. The second kappa shape index (κ2) is 7.57. The predicted octanol–water partition coefficient (Wildman–Crippen LogP) is 5.36. The average Bonchev–Trinajstić information content (AvgIpc) is 3.39. The second-order valence-electron chi connectivity index (χ2n) is 6.69. The molecule has 160 valence electrons. The number of halogens is 5. The minimum atomic E-state index is -4.45. The van der Waals surface area contributed by atoms with E-state index in [0.717, 1.165) is 12.1 Å². The number of aromatic nitrogens is 7. The monoisotopic (exact) mass is 475 g/mol. The molecule has 0 bridgehead atoms. The lowest BCUT2D eigenvalue weighted by Crippen LogP contribution is -2.07. The second-order valence-corrected chi connectivity index (χ2v) is 7.53. The Kier molecular flexibility index (Phi) is 4.83. The zero-order valence-electron chi connectivity index (χ0n) is 15.8. The van der Waals surface area contributed by atoms with E-state index in [2.05, 4.69) is 25.6 Å². The molecule has 0 unspecified atom stereocenters. The molecule has 0 spiro atoms. The quantitative estimate of drug-likeness (QED) is 0.351. The highest BCUT2D eigenvalue weighted by Gasteiger charge is 2.30. The molecule has 0 saturated heterocycles. The highest BCUT2D eigenvalue weighted by atomic mass is 35.5. The van der Waals surface area contributed by atoms with E-state index < -0.39 is 11.7 Å². The molecule has 3 aromatic heterocycles. The van der Waals surface area contributed by atoms with Crippen LogP contribution in [-0.2, 0) is 6.18 Å². The van der Waals surface area contributed by atoms with Crippen LogP contribution >= 0.6 is 23.2 Å². The maximum absolute atomic E-state index is 13.0. The van der Waals surface area contributed by atoms with Gasteiger partial charge in [0.15, 0.2) is 5.65 Å². The van der Waals surface area contributed by atoms with Crippen LogP contribution in [0.5, 0.6) is 0 Å². The Balaban J connectivity index is 1.74. The Bertz CT molecular complexity index is 1440. The zero-order chi connectivity index (χ0) is 22.5. The molecule has 12 heteroatoms. The van der Waals surface area contributed by atoms with Crippen LogP contribution in [0, 0.1) is 0 Å². The van der Waals surface area contributed by atoms with Gasteiger partial charge in [0.05, 0.1) is 16.3 Å². The Morgan fingerprint density at radius 2 is 1.72 bits per heavy atom. The molecule has 5 rings (SSSR count). The molecule has 0 N–H and O–H groups in total. The van der Waals surface area contributed by atoms with Gasteiger partial charge in [-0.15, -0.1) is 5.10 Å². The molecule has 0 aliphatic rings. The van der Waals surface area contributed by atoms with Crippen molar-refractivity contribution < 1.29 is 13.2 Å². The summed E-state index contributed by atoms with van der Waals surface area (Å²) >= 11 is 12.6. The summed E-state index contributed by atoms with van der Waals surface area (Å²) in [7, 11) is 0. The summed E-state index contributed by atoms with van der Waals surface area (Å²) in [6.07, 6.45) is -2.89. The number of fused-ring (bicyclic) bond motifs is 1. The van der Waals surface area contributed by atoms with Crippen LogP contribution in [-0.4, -0.2) is 34.8 Å². The summed E-state index contributed by atoms with van der Waals surface area (Å²) in [5, 5.41) is 17.0. The number of benzene rings is 2. The largest absolute Gasteiger partial charge is 0.416 e. The summed E-state index contributed by atoms with van der Waals surface area (Å²) in [4.78, 5) is 4.62. The topological polar surface area (TPSA) is 73.8 Å². The lowest BCUT2D eigenvalue weighted by atomic mass is 10.1. The van der Waals surface area contributed by atoms with Crippen LogP contribution in [0.1, 0.15) is 5.56 Å². The van der Waals surface area contributed by atoms with Gasteiger partial charge in [-0.05, 0) is 65.0 Å². The molecule has 5 aromatic rings. The number of rotatable bonds is 3. The highest BCUT2D eigenvalue weighted by molar-refractivity contribution is 6.35. The fraction of sp³-hybridized carbons (Fsp3) is 0.0500. The van der Waals surface area contributed by atoms with Gasteiger partial charge in [0.25, 0.3) is 0 Å². The van der Waals surface area contributed by atoms with Crippen molar-refractivity contribution in [1.29, 1.82) is 0 Å². The first-order valence-corrected chi connectivity index (χ1v) is 9.84. The van der Waals surface area contributed by atoms with Crippen molar-refractivity contribution >= 4 is 28.8 Å². The number of hydrogen-bond acceptors (Lipinski definition) is 5. The predicted molar refractivity (Wildman–Crippen MR) is 112 cm³/mol. The number of hydrogen-bond donors (Lipinski definition) is 0. The lowest BCUT2D eigenvalue weighted by Gasteiger charge is -2.09. The average molecular weight is 476 g/mol. The van der Waals surface area contributed by atoms with Gasteiger partial charge in [-0.3, -0.25) is 0 Å². The molecule has 32 heavy (non-hydrogen) atoms. The molecule has 2 aromatic carbocycles. The fourth-order valence-corrected chi connectivity index (χ4v) is 3.64. The highest BCUT2D eigenvalue weighted by Crippen LogP contribution is 2.37. The van der Waals surface area contributed by atoms with Gasteiger partial charge in [0.2, 0.25) is 5.82 Å². The summed E-state index contributed by atoms with van der Waals surface area (Å²) < 4.78 is 41.7. The molecule has 7 nitrogen and oxygen atoms in total. The third-order valence-corrected chi connectivity index (χ3v) is 5.26. The molecule has 0 aliphatic carbocycles. The van der Waals surface area contributed by atoms with Crippen molar-refractivity contribution in [1.82, 2.24) is 34.8 Å². The van der Waals surface area contributed by atoms with Crippen LogP contribution in [0.25, 0.3) is 34.1 Å². The number of alkyl halides is 3. The van der Waals surface area contributed by atoms with Crippen LogP contribution in [0.4, 0.5) is 13.2 Å². The first kappa shape index (κ1) is 20.4. The molecule has 0 aliphatic heterocycles. The van der Waals surface area contributed by atoms with E-state index in [1.54, 1.807) is 36.5 Å². The van der Waals surface area contributed by atoms with Gasteiger partial charge in [-0.25, -0.2) is 9.50 Å². The minimum absolute atomic E-state index is 0.210. The van der Waals surface area contributed by atoms with Crippen molar-refractivity contribution in [3.63, 3.8) is 0 Å². The standard InChI is InChI=1S/C20H10Cl2F3N7/c21-12-5-8-15(22)14(10-12)17-18(32-16(27-17)2-1-9-26-32)19-28-29-30-31(19)13-6-3-11(4-7-13)20(23,24)25/h1-10H. The Hall–Kier alpha value is -3.50. The molecular weight excluding hydrogens is 466 g/mol. The zero-order valence-corrected chi connectivity index (χ0v) is 17.3. The minimum Gasteiger partial charge on any atom is -0.226 e. The van der Waals surface area contributed by atoms with E-state index >= 15 is 0 Å². The van der Waals surface area contributed by atoms with Crippen molar-refractivity contribution in [2.24, 2.45) is 0 Å². The fourth-order valence-electron chi connectivity index (χ4n) is 3.26. The van der Waals surface area contributed by atoms with Gasteiger partial charge in [-0.2, -0.15) is 23.0 Å². The van der Waals surface area contributed by atoms with Gasteiger partial charge < -0.3 is 0 Å². The summed E-state index contributed by atoms with van der Waals surface area (Å²) in [5.74, 6) is 0.210. The molecule has 0 amide bonds. The number of nitrogens with zero attached hydrogens (tertiary/aromatic N) is 7. The van der Waals surface area contributed by atoms with Crippen molar-refractivity contribution in [2.45, 2.75) is 6.18 Å². The normalized spacial score (nSPS) is 11.9. The maximum atomic E-state index is 13.0. The van der Waals surface area contributed by atoms with Crippen molar-refractivity contribution in [2.75, 3.05) is 0 Å². The van der Waals surface area contributed by atoms with Gasteiger partial charge in [0, 0.05) is 16.8 Å². The Labute approximate surface area is 188 Å². The number of tetrazole rings is 1. The maximum Gasteiger partial charge on any atom is 0.416 e. The van der Waals surface area contributed by atoms with E-state index in [1.165, 1.54) is 21.3 Å². The number of imidazole rings is 1. The SMILES string of the molecule is FC(F)(F)c1ccc(-n2nnnc2-c2c(-c3cc(Cl)ccc3Cl)nc3cccnn23)cc1. The van der Waals surface area contributed by atoms with Crippen molar-refractivity contribution in [3.05, 3.63) is 76.4 Å². The summed E-state index contributed by atoms with van der Waals surface area (Å²) in [6, 6.07) is 12.9. The van der Waals surface area contributed by atoms with Crippen LogP contribution in [0.15, 0.2) is 60.8 Å². The summed E-state index contributed by atoms with van der Waals surface area (Å²) in [6.45, 7) is 0. The molecule has 0 atom stereocenters. The van der Waals surface area contributed by atoms with Gasteiger partial charge >= 0.3 is 6.18 Å². The van der Waals surface area contributed by atoms with E-state index in [-0.39, 0.29) is 5.82 Å². The smallest absolute Gasteiger partial charge is 0.226 e. The van der Waals surface area contributed by atoms with E-state index in [4.69, 9.17) is 23.2 Å². The molecule has 0 saturated carbocycles. The van der Waals surface area contributed by atoms with Crippen LogP contribution in [0.2, 0.25) is 10.0 Å². The Morgan fingerprint density at radius 3 is 2.47 bits per heavy atom. The van der Waals surface area contributed by atoms with E-state index in [9.17, 15) is 13.2 Å². The third-order valence-electron chi connectivity index (χ3n) is 4.70. The van der Waals surface area contributed by atoms with E-state index in [0.29, 0.717) is 38.3 Å². The van der Waals surface area contributed by atoms with Crippen LogP contribution in [0.3, 0.4) is 0 Å².